The highest BCUT2D eigenvalue weighted by molar-refractivity contribution is 9.09. The zero-order chi connectivity index (χ0) is 11.1. The van der Waals surface area contributed by atoms with Crippen molar-refractivity contribution in [2.45, 2.75) is 6.04 Å². The Balaban J connectivity index is 2.55. The molecule has 4 nitrogen and oxygen atoms in total. The van der Waals surface area contributed by atoms with Gasteiger partial charge < -0.3 is 10.1 Å². The van der Waals surface area contributed by atoms with Gasteiger partial charge in [-0.25, -0.2) is 0 Å². The van der Waals surface area contributed by atoms with E-state index in [0.717, 1.165) is 0 Å². The summed E-state index contributed by atoms with van der Waals surface area (Å²) in [7, 11) is 1.60. The molecule has 1 aromatic rings. The van der Waals surface area contributed by atoms with Gasteiger partial charge in [-0.2, -0.15) is 0 Å². The predicted octanol–water partition coefficient (Wildman–Crippen LogP) is 1.22. The number of carbonyl (C=O) groups excluding carboxylic acids is 1. The fourth-order valence-corrected chi connectivity index (χ4v) is 1.43. The molecule has 0 aliphatic heterocycles. The third-order valence-corrected chi connectivity index (χ3v) is 2.57. The molecule has 82 valence electrons. The van der Waals surface area contributed by atoms with Crippen molar-refractivity contribution < 1.29 is 9.53 Å². The maximum absolute atomic E-state index is 11.6. The Morgan fingerprint density at radius 1 is 1.67 bits per heavy atom. The van der Waals surface area contributed by atoms with Crippen molar-refractivity contribution in [1.29, 1.82) is 0 Å². The number of rotatable bonds is 5. The Labute approximate surface area is 97.2 Å². The summed E-state index contributed by atoms with van der Waals surface area (Å²) >= 11 is 3.30. The highest BCUT2D eigenvalue weighted by Gasteiger charge is 2.12. The molecule has 1 unspecified atom stereocenters. The predicted molar refractivity (Wildman–Crippen MR) is 61.2 cm³/mol. The minimum absolute atomic E-state index is 0.0375. The van der Waals surface area contributed by atoms with Gasteiger partial charge in [-0.05, 0) is 12.1 Å². The highest BCUT2D eigenvalue weighted by Crippen LogP contribution is 1.97. The average molecular weight is 273 g/mol. The van der Waals surface area contributed by atoms with Crippen molar-refractivity contribution >= 4 is 21.8 Å². The van der Waals surface area contributed by atoms with Crippen molar-refractivity contribution in [3.63, 3.8) is 0 Å². The topological polar surface area (TPSA) is 51.2 Å². The van der Waals surface area contributed by atoms with Gasteiger partial charge in [0.15, 0.2) is 0 Å². The Morgan fingerprint density at radius 2 is 2.47 bits per heavy atom. The van der Waals surface area contributed by atoms with Crippen LogP contribution in [-0.2, 0) is 4.74 Å². The first-order valence-corrected chi connectivity index (χ1v) is 5.67. The van der Waals surface area contributed by atoms with Crippen LogP contribution in [0.3, 0.4) is 0 Å². The second kappa shape index (κ2) is 6.53. The van der Waals surface area contributed by atoms with E-state index in [1.54, 1.807) is 31.5 Å². The Hall–Kier alpha value is -0.940. The van der Waals surface area contributed by atoms with E-state index < -0.39 is 0 Å². The Morgan fingerprint density at radius 3 is 3.00 bits per heavy atom. The highest BCUT2D eigenvalue weighted by atomic mass is 79.9. The lowest BCUT2D eigenvalue weighted by atomic mass is 10.3. The summed E-state index contributed by atoms with van der Waals surface area (Å²) in [5.41, 5.74) is 0.416. The minimum atomic E-state index is -0.183. The van der Waals surface area contributed by atoms with Crippen molar-refractivity contribution in [3.8, 4) is 0 Å². The summed E-state index contributed by atoms with van der Waals surface area (Å²) in [6.07, 6.45) is 1.59. The summed E-state index contributed by atoms with van der Waals surface area (Å²) in [5.74, 6) is -0.183. The standard InChI is InChI=1S/C10H13BrN2O2/c1-15-7-8(6-11)13-10(14)9-4-2-3-5-12-9/h2-5,8H,6-7H2,1H3,(H,13,14). The molecule has 1 amide bonds. The number of halogens is 1. The van der Waals surface area contributed by atoms with Crippen LogP contribution in [0, 0.1) is 0 Å². The van der Waals surface area contributed by atoms with Crippen LogP contribution in [0.25, 0.3) is 0 Å². The first kappa shape index (κ1) is 12.1. The van der Waals surface area contributed by atoms with E-state index in [1.165, 1.54) is 0 Å². The smallest absolute Gasteiger partial charge is 0.270 e. The second-order valence-corrected chi connectivity index (χ2v) is 3.64. The number of hydrogen-bond acceptors (Lipinski definition) is 3. The molecule has 0 spiro atoms. The summed E-state index contributed by atoms with van der Waals surface area (Å²) in [6.45, 7) is 0.476. The molecule has 1 aromatic heterocycles. The van der Waals surface area contributed by atoms with Crippen molar-refractivity contribution in [2.75, 3.05) is 19.0 Å². The van der Waals surface area contributed by atoms with Gasteiger partial charge in [0.05, 0.1) is 12.6 Å². The molecular formula is C10H13BrN2O2. The molecule has 1 atom stereocenters. The van der Waals surface area contributed by atoms with Gasteiger partial charge in [0.25, 0.3) is 5.91 Å². The van der Waals surface area contributed by atoms with E-state index in [0.29, 0.717) is 17.6 Å². The molecule has 1 N–H and O–H groups in total. The first-order valence-electron chi connectivity index (χ1n) is 4.54. The Kier molecular flexibility index (Phi) is 5.28. The molecule has 5 heteroatoms. The number of amides is 1. The molecule has 0 bridgehead atoms. The molecular weight excluding hydrogens is 260 g/mol. The minimum Gasteiger partial charge on any atom is -0.383 e. The number of hydrogen-bond donors (Lipinski definition) is 1. The molecule has 15 heavy (non-hydrogen) atoms. The Bertz CT molecular complexity index is 306. The second-order valence-electron chi connectivity index (χ2n) is 3.00. The largest absolute Gasteiger partial charge is 0.383 e. The van der Waals surface area contributed by atoms with Crippen LogP contribution >= 0.6 is 15.9 Å². The average Bonchev–Trinajstić information content (AvgIpc) is 2.29. The van der Waals surface area contributed by atoms with E-state index in [2.05, 4.69) is 26.2 Å². The van der Waals surface area contributed by atoms with Crippen LogP contribution in [-0.4, -0.2) is 36.0 Å². The molecule has 0 saturated carbocycles. The number of alkyl halides is 1. The molecule has 1 heterocycles. The number of pyridine rings is 1. The number of aromatic nitrogens is 1. The molecule has 0 fully saturated rings. The third kappa shape index (κ3) is 3.97. The fraction of sp³-hybridized carbons (Fsp3) is 0.400. The lowest BCUT2D eigenvalue weighted by Gasteiger charge is -2.14. The molecule has 0 aromatic carbocycles. The summed E-state index contributed by atoms with van der Waals surface area (Å²) in [6, 6.07) is 5.19. The van der Waals surface area contributed by atoms with E-state index in [4.69, 9.17) is 4.74 Å². The van der Waals surface area contributed by atoms with Crippen LogP contribution in [0.5, 0.6) is 0 Å². The normalized spacial score (nSPS) is 12.1. The van der Waals surface area contributed by atoms with Gasteiger partial charge in [-0.1, -0.05) is 22.0 Å². The molecule has 0 aliphatic carbocycles. The lowest BCUT2D eigenvalue weighted by molar-refractivity contribution is 0.0903. The lowest BCUT2D eigenvalue weighted by Crippen LogP contribution is -2.39. The van der Waals surface area contributed by atoms with E-state index >= 15 is 0 Å². The van der Waals surface area contributed by atoms with Crippen molar-refractivity contribution in [2.24, 2.45) is 0 Å². The number of methoxy groups -OCH3 is 1. The van der Waals surface area contributed by atoms with E-state index in [-0.39, 0.29) is 11.9 Å². The van der Waals surface area contributed by atoms with Gasteiger partial charge in [0, 0.05) is 18.6 Å². The van der Waals surface area contributed by atoms with Crippen LogP contribution in [0.15, 0.2) is 24.4 Å². The molecule has 0 saturated heterocycles. The van der Waals surface area contributed by atoms with Crippen molar-refractivity contribution in [3.05, 3.63) is 30.1 Å². The van der Waals surface area contributed by atoms with Crippen molar-refractivity contribution in [1.82, 2.24) is 10.3 Å². The number of carbonyl (C=O) groups is 1. The quantitative estimate of drug-likeness (QED) is 0.821. The van der Waals surface area contributed by atoms with E-state index in [1.807, 2.05) is 0 Å². The summed E-state index contributed by atoms with van der Waals surface area (Å²) < 4.78 is 4.97. The van der Waals surface area contributed by atoms with Gasteiger partial charge in [-0.3, -0.25) is 9.78 Å². The van der Waals surface area contributed by atoms with Gasteiger partial charge in [0.2, 0.25) is 0 Å². The molecule has 1 rings (SSSR count). The SMILES string of the molecule is COCC(CBr)NC(=O)c1ccccn1. The van der Waals surface area contributed by atoms with Gasteiger partial charge >= 0.3 is 0 Å². The summed E-state index contributed by atoms with van der Waals surface area (Å²) in [5, 5.41) is 3.46. The molecule has 0 radical (unpaired) electrons. The zero-order valence-electron chi connectivity index (χ0n) is 8.44. The monoisotopic (exact) mass is 272 g/mol. The number of nitrogens with one attached hydrogen (secondary N) is 1. The first-order chi connectivity index (χ1) is 7.27. The third-order valence-electron chi connectivity index (χ3n) is 1.79. The number of ether oxygens (including phenoxy) is 1. The van der Waals surface area contributed by atoms with Crippen LogP contribution in [0.2, 0.25) is 0 Å². The molecule has 0 aliphatic rings. The van der Waals surface area contributed by atoms with Crippen LogP contribution < -0.4 is 5.32 Å². The zero-order valence-corrected chi connectivity index (χ0v) is 10.0. The van der Waals surface area contributed by atoms with Crippen LogP contribution in [0.1, 0.15) is 10.5 Å². The maximum Gasteiger partial charge on any atom is 0.270 e. The van der Waals surface area contributed by atoms with Gasteiger partial charge in [0.1, 0.15) is 5.69 Å². The van der Waals surface area contributed by atoms with E-state index in [9.17, 15) is 4.79 Å². The maximum atomic E-state index is 11.6. The fourth-order valence-electron chi connectivity index (χ4n) is 1.08. The summed E-state index contributed by atoms with van der Waals surface area (Å²) in [4.78, 5) is 15.6. The van der Waals surface area contributed by atoms with Crippen LogP contribution in [0.4, 0.5) is 0 Å². The number of nitrogens with zero attached hydrogens (tertiary/aromatic N) is 1. The van der Waals surface area contributed by atoms with Gasteiger partial charge in [-0.15, -0.1) is 0 Å².